The van der Waals surface area contributed by atoms with Gasteiger partial charge in [0, 0.05) is 29.8 Å². The first-order chi connectivity index (χ1) is 15.9. The summed E-state index contributed by atoms with van der Waals surface area (Å²) in [5.74, 6) is -1.43. The molecule has 3 rings (SSSR count). The second-order valence-corrected chi connectivity index (χ2v) is 11.8. The van der Waals surface area contributed by atoms with Crippen molar-refractivity contribution in [3.8, 4) is 0 Å². The Balaban J connectivity index is 1.81. The molecule has 3 heterocycles. The van der Waals surface area contributed by atoms with Crippen LogP contribution in [-0.4, -0.2) is 57.3 Å². The number of hydrogen-bond acceptors (Lipinski definition) is 8. The number of nitrogens with zero attached hydrogens (tertiary/aromatic N) is 1. The van der Waals surface area contributed by atoms with E-state index in [2.05, 4.69) is 10.3 Å². The number of aliphatic hydroxyl groups is 2. The zero-order valence-corrected chi connectivity index (χ0v) is 22.0. The smallest absolute Gasteiger partial charge is 0.309 e. The number of carbonyl (C=O) groups excluding carboxylic acids is 2. The number of cyclic esters (lactones) is 1. The van der Waals surface area contributed by atoms with Gasteiger partial charge in [-0.15, -0.1) is 11.3 Å². The number of nitrogens with one attached hydrogen (secondary N) is 1. The summed E-state index contributed by atoms with van der Waals surface area (Å²) < 4.78 is 5.86. The summed E-state index contributed by atoms with van der Waals surface area (Å²) in [4.78, 5) is 30.5. The summed E-state index contributed by atoms with van der Waals surface area (Å²) in [7, 11) is 0. The maximum absolute atomic E-state index is 13.2. The maximum Gasteiger partial charge on any atom is 0.309 e. The molecule has 2 aliphatic heterocycles. The Labute approximate surface area is 207 Å². The number of esters is 1. The molecule has 0 saturated carbocycles. The van der Waals surface area contributed by atoms with Crippen LogP contribution in [0.2, 0.25) is 0 Å². The molecule has 0 aliphatic carbocycles. The van der Waals surface area contributed by atoms with Gasteiger partial charge in [-0.3, -0.25) is 9.59 Å². The number of ketones is 1. The van der Waals surface area contributed by atoms with Gasteiger partial charge in [0.2, 0.25) is 0 Å². The molecule has 2 saturated heterocycles. The third-order valence-electron chi connectivity index (χ3n) is 7.58. The van der Waals surface area contributed by atoms with Gasteiger partial charge in [-0.2, -0.15) is 0 Å². The first kappa shape index (κ1) is 27.0. The van der Waals surface area contributed by atoms with E-state index in [4.69, 9.17) is 4.74 Å². The van der Waals surface area contributed by atoms with Crippen molar-refractivity contribution in [1.82, 2.24) is 10.3 Å². The topological polar surface area (TPSA) is 119 Å². The minimum absolute atomic E-state index is 0.0264. The normalized spacial score (nSPS) is 36.0. The van der Waals surface area contributed by atoms with E-state index >= 15 is 0 Å². The van der Waals surface area contributed by atoms with Crippen molar-refractivity contribution in [3.63, 3.8) is 0 Å². The molecule has 3 N–H and O–H groups in total. The molecule has 7 nitrogen and oxygen atoms in total. The second kappa shape index (κ2) is 11.0. The number of aromatic nitrogens is 1. The molecule has 8 heteroatoms. The van der Waals surface area contributed by atoms with Crippen molar-refractivity contribution in [2.45, 2.75) is 104 Å². The molecule has 0 aromatic carbocycles. The minimum Gasteiger partial charge on any atom is -0.458 e. The van der Waals surface area contributed by atoms with E-state index in [9.17, 15) is 19.8 Å². The summed E-state index contributed by atoms with van der Waals surface area (Å²) in [5.41, 5.74) is 0.567. The van der Waals surface area contributed by atoms with Crippen LogP contribution < -0.4 is 5.32 Å². The van der Waals surface area contributed by atoms with E-state index in [1.807, 2.05) is 32.2 Å². The number of aliphatic hydroxyl groups excluding tert-OH is 2. The highest BCUT2D eigenvalue weighted by Gasteiger charge is 2.43. The zero-order valence-electron chi connectivity index (χ0n) is 21.2. The Morgan fingerprint density at radius 3 is 2.59 bits per heavy atom. The number of ether oxygens (including phenoxy) is 1. The number of aryl methyl sites for hydroxylation is 1. The van der Waals surface area contributed by atoms with Crippen LogP contribution >= 0.6 is 11.3 Å². The number of fused-ring (bicyclic) bond motifs is 1. The molecule has 7 unspecified atom stereocenters. The fourth-order valence-electron chi connectivity index (χ4n) is 4.92. The lowest BCUT2D eigenvalue weighted by Crippen LogP contribution is -2.45. The van der Waals surface area contributed by atoms with Gasteiger partial charge in [-0.25, -0.2) is 4.98 Å². The van der Waals surface area contributed by atoms with E-state index in [0.717, 1.165) is 35.5 Å². The van der Waals surface area contributed by atoms with Gasteiger partial charge in [0.15, 0.2) is 0 Å². The monoisotopic (exact) mass is 492 g/mol. The van der Waals surface area contributed by atoms with Crippen LogP contribution in [0.1, 0.15) is 77.4 Å². The highest BCUT2D eigenvalue weighted by Crippen LogP contribution is 2.33. The third-order valence-corrected chi connectivity index (χ3v) is 8.37. The van der Waals surface area contributed by atoms with E-state index < -0.39 is 35.6 Å². The van der Waals surface area contributed by atoms with Crippen LogP contribution in [0.15, 0.2) is 11.0 Å². The highest BCUT2D eigenvalue weighted by molar-refractivity contribution is 7.09. The highest BCUT2D eigenvalue weighted by atomic mass is 32.1. The molecule has 2 aliphatic rings. The largest absolute Gasteiger partial charge is 0.458 e. The number of hydrogen-bond donors (Lipinski definition) is 3. The molecule has 0 bridgehead atoms. The summed E-state index contributed by atoms with van der Waals surface area (Å²) in [5, 5.41) is 28.1. The van der Waals surface area contributed by atoms with Crippen LogP contribution in [0.3, 0.4) is 0 Å². The molecule has 2 fully saturated rings. The molecular weight excluding hydrogens is 452 g/mol. The van der Waals surface area contributed by atoms with Gasteiger partial charge in [0.05, 0.1) is 34.7 Å². The number of Topliss-reactive ketones (excluding diaryl/α,β-unsaturated/α-hetero) is 1. The predicted octanol–water partition coefficient (Wildman–Crippen LogP) is 3.66. The van der Waals surface area contributed by atoms with Crippen molar-refractivity contribution in [2.75, 3.05) is 0 Å². The van der Waals surface area contributed by atoms with E-state index in [1.165, 1.54) is 0 Å². The van der Waals surface area contributed by atoms with Gasteiger partial charge >= 0.3 is 5.97 Å². The lowest BCUT2D eigenvalue weighted by molar-refractivity contribution is -0.154. The minimum atomic E-state index is -1.21. The number of carbonyl (C=O) groups is 2. The average Bonchev–Trinajstić information content (AvgIpc) is 3.38. The van der Waals surface area contributed by atoms with Crippen LogP contribution in [0.5, 0.6) is 0 Å². The van der Waals surface area contributed by atoms with Crippen molar-refractivity contribution >= 4 is 29.2 Å². The quantitative estimate of drug-likeness (QED) is 0.426. The van der Waals surface area contributed by atoms with Gasteiger partial charge < -0.3 is 20.3 Å². The molecule has 0 radical (unpaired) electrons. The second-order valence-electron chi connectivity index (χ2n) is 10.8. The van der Waals surface area contributed by atoms with Crippen molar-refractivity contribution < 1.29 is 24.5 Å². The molecule has 1 aromatic heterocycles. The van der Waals surface area contributed by atoms with Gasteiger partial charge in [0.25, 0.3) is 0 Å². The standard InChI is InChI=1S/C26H40N2O5S/c1-14-8-7-9-19-20(28-19)11-21(15(2)10-18-13-34-17(4)27-18)33-23(30)12-22(29)26(5,6)25(32)16(3)24(14)31/h10,13-14,16,19-22,24,28-29,31H,7-9,11-12H2,1-6H3/b15-10+. The average molecular weight is 493 g/mol. The molecule has 34 heavy (non-hydrogen) atoms. The number of thiazole rings is 1. The summed E-state index contributed by atoms with van der Waals surface area (Å²) in [6.45, 7) is 10.8. The molecule has 0 amide bonds. The zero-order chi connectivity index (χ0) is 25.2. The molecular formula is C26H40N2O5S. The SMILES string of the molecule is C/C(=C\c1csc(C)n1)C1CC2NC2CCCC(C)C(O)C(C)C(=O)C(C)(C)C(O)CC(=O)O1. The van der Waals surface area contributed by atoms with Crippen LogP contribution in [0, 0.1) is 24.2 Å². The van der Waals surface area contributed by atoms with E-state index in [1.54, 1.807) is 32.1 Å². The Bertz CT molecular complexity index is 911. The van der Waals surface area contributed by atoms with Crippen LogP contribution in [0.25, 0.3) is 6.08 Å². The fraction of sp³-hybridized carbons (Fsp3) is 0.731. The first-order valence-corrected chi connectivity index (χ1v) is 13.2. The van der Waals surface area contributed by atoms with E-state index in [0.29, 0.717) is 12.5 Å². The van der Waals surface area contributed by atoms with Crippen LogP contribution in [-0.2, 0) is 14.3 Å². The Morgan fingerprint density at radius 2 is 1.94 bits per heavy atom. The third kappa shape index (κ3) is 6.53. The first-order valence-electron chi connectivity index (χ1n) is 12.4. The maximum atomic E-state index is 13.2. The molecule has 7 atom stereocenters. The summed E-state index contributed by atoms with van der Waals surface area (Å²) in [6, 6.07) is 0.615. The number of rotatable bonds is 2. The van der Waals surface area contributed by atoms with Crippen LogP contribution in [0.4, 0.5) is 0 Å². The molecule has 190 valence electrons. The Hall–Kier alpha value is -1.61. The fourth-order valence-corrected chi connectivity index (χ4v) is 5.49. The lowest BCUT2D eigenvalue weighted by atomic mass is 9.73. The predicted molar refractivity (Wildman–Crippen MR) is 133 cm³/mol. The van der Waals surface area contributed by atoms with Crippen molar-refractivity contribution in [2.24, 2.45) is 17.3 Å². The van der Waals surface area contributed by atoms with Gasteiger partial charge in [0.1, 0.15) is 11.9 Å². The summed E-state index contributed by atoms with van der Waals surface area (Å²) in [6.07, 6.45) is 2.64. The molecule has 1 aromatic rings. The summed E-state index contributed by atoms with van der Waals surface area (Å²) >= 11 is 1.57. The van der Waals surface area contributed by atoms with Gasteiger partial charge in [-0.05, 0) is 44.3 Å². The Morgan fingerprint density at radius 1 is 1.24 bits per heavy atom. The lowest BCUT2D eigenvalue weighted by Gasteiger charge is -2.34. The Kier molecular flexibility index (Phi) is 8.71. The van der Waals surface area contributed by atoms with Crippen molar-refractivity contribution in [3.05, 3.63) is 21.7 Å². The molecule has 0 spiro atoms. The van der Waals surface area contributed by atoms with E-state index in [-0.39, 0.29) is 24.2 Å². The van der Waals surface area contributed by atoms with Gasteiger partial charge in [-0.1, -0.05) is 34.1 Å². The van der Waals surface area contributed by atoms with Crippen molar-refractivity contribution in [1.29, 1.82) is 0 Å².